The molecular weight excluding hydrogens is 419 g/mol. The summed E-state index contributed by atoms with van der Waals surface area (Å²) < 4.78 is 64.5. The first-order chi connectivity index (χ1) is 14.1. The number of sulfone groups is 1. The van der Waals surface area contributed by atoms with E-state index in [0.717, 1.165) is 31.8 Å². The molecule has 160 valence electrons. The fourth-order valence-electron chi connectivity index (χ4n) is 3.55. The number of rotatable bonds is 4. The Hall–Kier alpha value is -2.66. The van der Waals surface area contributed by atoms with E-state index in [-0.39, 0.29) is 28.1 Å². The number of aromatic nitrogens is 3. The highest BCUT2D eigenvalue weighted by molar-refractivity contribution is 7.90. The lowest BCUT2D eigenvalue weighted by Crippen LogP contribution is -2.38. The van der Waals surface area contributed by atoms with Crippen LogP contribution in [0, 0.1) is 0 Å². The fourth-order valence-corrected chi connectivity index (χ4v) is 4.20. The number of hydrogen-bond donors (Lipinski definition) is 3. The van der Waals surface area contributed by atoms with Crippen molar-refractivity contribution in [2.75, 3.05) is 24.7 Å². The second kappa shape index (κ2) is 7.55. The number of benzene rings is 1. The molecule has 1 atom stereocenters. The van der Waals surface area contributed by atoms with Gasteiger partial charge in [-0.25, -0.2) is 18.4 Å². The average molecular weight is 439 g/mol. The van der Waals surface area contributed by atoms with E-state index < -0.39 is 21.6 Å². The summed E-state index contributed by atoms with van der Waals surface area (Å²) >= 11 is 0. The molecule has 1 saturated heterocycles. The van der Waals surface area contributed by atoms with Crippen molar-refractivity contribution in [1.29, 1.82) is 0 Å². The molecule has 0 aliphatic carbocycles. The Kier molecular flexibility index (Phi) is 5.18. The third kappa shape index (κ3) is 4.12. The predicted molar refractivity (Wildman–Crippen MR) is 107 cm³/mol. The zero-order valence-corrected chi connectivity index (χ0v) is 16.9. The summed E-state index contributed by atoms with van der Waals surface area (Å²) in [4.78, 5) is 11.0. The van der Waals surface area contributed by atoms with E-state index in [1.807, 2.05) is 0 Å². The van der Waals surface area contributed by atoms with Crippen molar-refractivity contribution in [2.45, 2.75) is 30.0 Å². The van der Waals surface area contributed by atoms with Gasteiger partial charge in [-0.05, 0) is 31.5 Å². The lowest BCUT2D eigenvalue weighted by atomic mass is 10.1. The van der Waals surface area contributed by atoms with Crippen molar-refractivity contribution in [1.82, 2.24) is 20.3 Å². The van der Waals surface area contributed by atoms with E-state index in [4.69, 9.17) is 0 Å². The van der Waals surface area contributed by atoms with Crippen molar-refractivity contribution in [3.63, 3.8) is 0 Å². The van der Waals surface area contributed by atoms with Gasteiger partial charge in [-0.2, -0.15) is 13.2 Å². The number of fused-ring (bicyclic) bond motifs is 1. The lowest BCUT2D eigenvalue weighted by Gasteiger charge is -2.24. The maximum atomic E-state index is 13.7. The third-order valence-electron chi connectivity index (χ3n) is 5.06. The van der Waals surface area contributed by atoms with Gasteiger partial charge in [0.05, 0.1) is 10.6 Å². The molecule has 1 fully saturated rings. The summed E-state index contributed by atoms with van der Waals surface area (Å²) in [6, 6.07) is 4.28. The van der Waals surface area contributed by atoms with E-state index in [1.54, 1.807) is 0 Å². The predicted octanol–water partition coefficient (Wildman–Crippen LogP) is 3.21. The topological polar surface area (TPSA) is 99.8 Å². The molecule has 0 bridgehead atoms. The number of alkyl halides is 3. The van der Waals surface area contributed by atoms with Crippen molar-refractivity contribution >= 4 is 26.7 Å². The number of H-pyrrole nitrogens is 1. The molecule has 1 aromatic carbocycles. The summed E-state index contributed by atoms with van der Waals surface area (Å²) in [5, 5.41) is 6.76. The molecule has 0 saturated carbocycles. The monoisotopic (exact) mass is 439 g/mol. The zero-order valence-electron chi connectivity index (χ0n) is 16.0. The van der Waals surface area contributed by atoms with Crippen molar-refractivity contribution in [3.8, 4) is 11.3 Å². The third-order valence-corrected chi connectivity index (χ3v) is 6.17. The van der Waals surface area contributed by atoms with E-state index in [0.29, 0.717) is 17.4 Å². The van der Waals surface area contributed by atoms with Crippen LogP contribution in [-0.2, 0) is 16.0 Å². The first kappa shape index (κ1) is 20.6. The molecule has 0 radical (unpaired) electrons. The Balaban J connectivity index is 1.80. The van der Waals surface area contributed by atoms with Gasteiger partial charge in [-0.15, -0.1) is 0 Å². The van der Waals surface area contributed by atoms with E-state index in [9.17, 15) is 21.6 Å². The van der Waals surface area contributed by atoms with Crippen LogP contribution >= 0.6 is 0 Å². The van der Waals surface area contributed by atoms with Gasteiger partial charge in [-0.1, -0.05) is 6.07 Å². The molecule has 30 heavy (non-hydrogen) atoms. The van der Waals surface area contributed by atoms with Crippen LogP contribution in [0.2, 0.25) is 0 Å². The molecule has 1 aliphatic heterocycles. The summed E-state index contributed by atoms with van der Waals surface area (Å²) in [5.41, 5.74) is -0.583. The number of nitrogens with one attached hydrogen (secondary N) is 3. The number of halogens is 3. The van der Waals surface area contributed by atoms with Gasteiger partial charge in [0.2, 0.25) is 5.95 Å². The molecule has 4 rings (SSSR count). The SMILES string of the molecule is CS(=O)(=O)c1ccc2c(-c3nc(N[C@H]4CCCNC4)ncc3C(F)(F)F)c[nH]c2c1. The Morgan fingerprint density at radius 2 is 2.07 bits per heavy atom. The van der Waals surface area contributed by atoms with Crippen LogP contribution in [0.15, 0.2) is 35.5 Å². The average Bonchev–Trinajstić information content (AvgIpc) is 3.10. The fraction of sp³-hybridized carbons (Fsp3) is 0.368. The highest BCUT2D eigenvalue weighted by Crippen LogP contribution is 2.39. The molecule has 7 nitrogen and oxygen atoms in total. The minimum absolute atomic E-state index is 0.0311. The van der Waals surface area contributed by atoms with E-state index in [1.165, 1.54) is 24.4 Å². The van der Waals surface area contributed by atoms with Gasteiger partial charge < -0.3 is 15.6 Å². The summed E-state index contributed by atoms with van der Waals surface area (Å²) in [6.07, 6.45) is 0.439. The van der Waals surface area contributed by atoms with Crippen LogP contribution in [0.4, 0.5) is 19.1 Å². The number of piperidine rings is 1. The van der Waals surface area contributed by atoms with Crippen LogP contribution in [0.1, 0.15) is 18.4 Å². The second-order valence-electron chi connectivity index (χ2n) is 7.32. The largest absolute Gasteiger partial charge is 0.419 e. The number of anilines is 1. The quantitative estimate of drug-likeness (QED) is 0.577. The summed E-state index contributed by atoms with van der Waals surface area (Å²) in [6.45, 7) is 1.59. The van der Waals surface area contributed by atoms with Crippen molar-refractivity contribution in [3.05, 3.63) is 36.2 Å². The maximum absolute atomic E-state index is 13.7. The van der Waals surface area contributed by atoms with Crippen molar-refractivity contribution in [2.24, 2.45) is 0 Å². The molecule has 0 unspecified atom stereocenters. The Bertz CT molecular complexity index is 1180. The van der Waals surface area contributed by atoms with Crippen LogP contribution < -0.4 is 10.6 Å². The number of hydrogen-bond acceptors (Lipinski definition) is 6. The Labute approximate surface area is 171 Å². The highest BCUT2D eigenvalue weighted by Gasteiger charge is 2.36. The Morgan fingerprint density at radius 1 is 1.27 bits per heavy atom. The summed E-state index contributed by atoms with van der Waals surface area (Å²) in [7, 11) is -3.45. The van der Waals surface area contributed by atoms with Crippen LogP contribution in [0.3, 0.4) is 0 Å². The van der Waals surface area contributed by atoms with Gasteiger partial charge in [0.25, 0.3) is 0 Å². The molecule has 2 aromatic heterocycles. The van der Waals surface area contributed by atoms with Gasteiger partial charge in [0.15, 0.2) is 9.84 Å². The summed E-state index contributed by atoms with van der Waals surface area (Å²) in [5.74, 6) is 0.119. The molecule has 11 heteroatoms. The first-order valence-corrected chi connectivity index (χ1v) is 11.2. The van der Waals surface area contributed by atoms with Gasteiger partial charge in [-0.3, -0.25) is 0 Å². The number of nitrogens with zero attached hydrogens (tertiary/aromatic N) is 2. The standard InChI is InChI=1S/C19H20F3N5O2S/c1-30(28,29)12-4-5-13-14(9-24-16(13)7-12)17-15(19(20,21)22)10-25-18(27-17)26-11-3-2-6-23-8-11/h4-5,7,9-11,23-24H,2-3,6,8H2,1H3,(H,25,26,27)/t11-/m0/s1. The number of aromatic amines is 1. The minimum atomic E-state index is -4.64. The highest BCUT2D eigenvalue weighted by atomic mass is 32.2. The first-order valence-electron chi connectivity index (χ1n) is 9.36. The van der Waals surface area contributed by atoms with E-state index in [2.05, 4.69) is 25.6 Å². The minimum Gasteiger partial charge on any atom is -0.360 e. The second-order valence-corrected chi connectivity index (χ2v) is 9.34. The van der Waals surface area contributed by atoms with Gasteiger partial charge in [0.1, 0.15) is 5.56 Å². The molecule has 0 spiro atoms. The van der Waals surface area contributed by atoms with Crippen LogP contribution in [-0.4, -0.2) is 48.8 Å². The zero-order chi connectivity index (χ0) is 21.5. The molecular formula is C19H20F3N5O2S. The Morgan fingerprint density at radius 3 is 2.73 bits per heavy atom. The van der Waals surface area contributed by atoms with Gasteiger partial charge >= 0.3 is 6.18 Å². The molecule has 0 amide bonds. The lowest BCUT2D eigenvalue weighted by molar-refractivity contribution is -0.137. The molecule has 3 heterocycles. The molecule has 3 N–H and O–H groups in total. The molecule has 3 aromatic rings. The van der Waals surface area contributed by atoms with Crippen LogP contribution in [0.25, 0.3) is 22.2 Å². The van der Waals surface area contributed by atoms with Crippen molar-refractivity contribution < 1.29 is 21.6 Å². The normalized spacial score (nSPS) is 17.9. The maximum Gasteiger partial charge on any atom is 0.419 e. The van der Waals surface area contributed by atoms with Crippen LogP contribution in [0.5, 0.6) is 0 Å². The van der Waals surface area contributed by atoms with E-state index >= 15 is 0 Å². The smallest absolute Gasteiger partial charge is 0.360 e. The molecule has 1 aliphatic rings. The van der Waals surface area contributed by atoms with Gasteiger partial charge in [0, 0.05) is 47.7 Å².